The molecule has 0 saturated carbocycles. The van der Waals surface area contributed by atoms with Crippen molar-refractivity contribution in [3.05, 3.63) is 60.7 Å². The molecule has 0 fully saturated rings. The van der Waals surface area contributed by atoms with Crippen LogP contribution in [0.2, 0.25) is 0 Å². The minimum absolute atomic E-state index is 0.505. The fourth-order valence-corrected chi connectivity index (χ4v) is 2.15. The fourth-order valence-electron chi connectivity index (χ4n) is 2.15. The van der Waals surface area contributed by atoms with Crippen LogP contribution in [-0.2, 0) is 6.42 Å². The Bertz CT molecular complexity index is 676. The molecule has 1 aromatic carbocycles. The number of allylic oxidation sites excluding steroid dienone is 1. The average molecular weight is 308 g/mol. The minimum atomic E-state index is -0.759. The Morgan fingerprint density at radius 3 is 2.48 bits per heavy atom. The normalized spacial score (nSPS) is 11.4. The Morgan fingerprint density at radius 2 is 1.87 bits per heavy atom. The van der Waals surface area contributed by atoms with Crippen LogP contribution in [0.5, 0.6) is 0 Å². The Kier molecular flexibility index (Phi) is 6.50. The van der Waals surface area contributed by atoms with Crippen molar-refractivity contribution < 1.29 is 4.39 Å². The van der Waals surface area contributed by atoms with Crippen LogP contribution in [0, 0.1) is 11.8 Å². The van der Waals surface area contributed by atoms with E-state index >= 15 is 0 Å². The van der Waals surface area contributed by atoms with E-state index in [0.29, 0.717) is 18.7 Å². The van der Waals surface area contributed by atoms with E-state index in [1.165, 1.54) is 5.56 Å². The van der Waals surface area contributed by atoms with Gasteiger partial charge >= 0.3 is 0 Å². The quantitative estimate of drug-likeness (QED) is 0.437. The molecule has 0 saturated heterocycles. The summed E-state index contributed by atoms with van der Waals surface area (Å²) in [7, 11) is 0. The minimum Gasteiger partial charge on any atom is -0.248 e. The maximum Gasteiger partial charge on any atom is 0.204 e. The van der Waals surface area contributed by atoms with Crippen molar-refractivity contribution in [3.63, 3.8) is 0 Å². The van der Waals surface area contributed by atoms with Gasteiger partial charge < -0.3 is 0 Å². The van der Waals surface area contributed by atoms with E-state index in [9.17, 15) is 4.39 Å². The van der Waals surface area contributed by atoms with E-state index in [1.54, 1.807) is 19.3 Å². The lowest BCUT2D eigenvalue weighted by molar-refractivity contribution is 0.336. The molecule has 1 aromatic heterocycles. The third-order valence-electron chi connectivity index (χ3n) is 3.42. The van der Waals surface area contributed by atoms with Gasteiger partial charge in [-0.2, -0.15) is 0 Å². The molecule has 3 heteroatoms. The van der Waals surface area contributed by atoms with Crippen LogP contribution < -0.4 is 0 Å². The van der Waals surface area contributed by atoms with E-state index < -0.39 is 6.17 Å². The molecule has 0 N–H and O–H groups in total. The van der Waals surface area contributed by atoms with Crippen molar-refractivity contribution in [3.8, 4) is 23.0 Å². The number of hydrogen-bond donors (Lipinski definition) is 0. The number of halogens is 1. The molecule has 0 bridgehead atoms. The van der Waals surface area contributed by atoms with Crippen molar-refractivity contribution in [2.75, 3.05) is 0 Å². The first-order valence-electron chi connectivity index (χ1n) is 7.84. The summed E-state index contributed by atoms with van der Waals surface area (Å²) in [5.41, 5.74) is 3.27. The first-order valence-corrected chi connectivity index (χ1v) is 7.84. The molecular formula is C20H21FN2. The molecule has 2 aromatic rings. The summed E-state index contributed by atoms with van der Waals surface area (Å²) in [5.74, 6) is 6.41. The largest absolute Gasteiger partial charge is 0.248 e. The fraction of sp³-hybridized carbons (Fsp3) is 0.300. The molecule has 1 unspecified atom stereocenters. The SMILES string of the molecule is C=CCc1ccc(-c2cnc(C#CCCCC(C)F)nc2)cc1. The molecular weight excluding hydrogens is 287 g/mol. The Morgan fingerprint density at radius 1 is 1.17 bits per heavy atom. The Labute approximate surface area is 137 Å². The zero-order chi connectivity index (χ0) is 16.5. The van der Waals surface area contributed by atoms with Gasteiger partial charge in [0.1, 0.15) is 0 Å². The first kappa shape index (κ1) is 16.9. The van der Waals surface area contributed by atoms with E-state index in [1.807, 2.05) is 6.08 Å². The topological polar surface area (TPSA) is 25.8 Å². The van der Waals surface area contributed by atoms with Gasteiger partial charge in [-0.3, -0.25) is 0 Å². The van der Waals surface area contributed by atoms with Gasteiger partial charge in [0.2, 0.25) is 5.82 Å². The van der Waals surface area contributed by atoms with Crippen LogP contribution in [0.4, 0.5) is 4.39 Å². The Hall–Kier alpha value is -2.47. The monoisotopic (exact) mass is 308 g/mol. The maximum atomic E-state index is 12.6. The average Bonchev–Trinajstić information content (AvgIpc) is 2.56. The van der Waals surface area contributed by atoms with Crippen LogP contribution >= 0.6 is 0 Å². The van der Waals surface area contributed by atoms with Gasteiger partial charge in [0, 0.05) is 24.4 Å². The molecule has 0 amide bonds. The van der Waals surface area contributed by atoms with Gasteiger partial charge in [-0.1, -0.05) is 36.3 Å². The number of rotatable bonds is 6. The summed E-state index contributed by atoms with van der Waals surface area (Å²) in [4.78, 5) is 8.54. The summed E-state index contributed by atoms with van der Waals surface area (Å²) < 4.78 is 12.6. The third-order valence-corrected chi connectivity index (χ3v) is 3.42. The van der Waals surface area contributed by atoms with Crippen LogP contribution in [0.3, 0.4) is 0 Å². The van der Waals surface area contributed by atoms with Crippen LogP contribution in [0.25, 0.3) is 11.1 Å². The Balaban J connectivity index is 1.96. The molecule has 2 rings (SSSR count). The second-order valence-electron chi connectivity index (χ2n) is 5.46. The third kappa shape index (κ3) is 5.67. The zero-order valence-electron chi connectivity index (χ0n) is 13.4. The predicted molar refractivity (Wildman–Crippen MR) is 92.7 cm³/mol. The summed E-state index contributed by atoms with van der Waals surface area (Å²) in [5, 5.41) is 0. The molecule has 0 aliphatic carbocycles. The van der Waals surface area contributed by atoms with Crippen molar-refractivity contribution in [1.82, 2.24) is 9.97 Å². The number of alkyl halides is 1. The van der Waals surface area contributed by atoms with Crippen LogP contribution in [-0.4, -0.2) is 16.1 Å². The molecule has 0 spiro atoms. The molecule has 1 heterocycles. The number of aromatic nitrogens is 2. The van der Waals surface area contributed by atoms with E-state index in [0.717, 1.165) is 24.0 Å². The highest BCUT2D eigenvalue weighted by molar-refractivity contribution is 5.61. The van der Waals surface area contributed by atoms with Crippen LogP contribution in [0.1, 0.15) is 37.6 Å². The molecule has 23 heavy (non-hydrogen) atoms. The molecule has 0 radical (unpaired) electrons. The maximum absolute atomic E-state index is 12.6. The first-order chi connectivity index (χ1) is 11.2. The van der Waals surface area contributed by atoms with Crippen molar-refractivity contribution in [1.29, 1.82) is 0 Å². The molecule has 118 valence electrons. The number of hydrogen-bond acceptors (Lipinski definition) is 2. The van der Waals surface area contributed by atoms with Gasteiger partial charge in [0.25, 0.3) is 0 Å². The molecule has 1 atom stereocenters. The summed E-state index contributed by atoms with van der Waals surface area (Å²) in [6, 6.07) is 8.27. The van der Waals surface area contributed by atoms with Crippen LogP contribution in [0.15, 0.2) is 49.3 Å². The van der Waals surface area contributed by atoms with Crippen molar-refractivity contribution in [2.45, 2.75) is 38.8 Å². The highest BCUT2D eigenvalue weighted by Gasteiger charge is 2.00. The number of unbranched alkanes of at least 4 members (excludes halogenated alkanes) is 1. The number of benzene rings is 1. The highest BCUT2D eigenvalue weighted by atomic mass is 19.1. The van der Waals surface area contributed by atoms with Gasteiger partial charge in [-0.25, -0.2) is 14.4 Å². The second-order valence-corrected chi connectivity index (χ2v) is 5.46. The predicted octanol–water partition coefficient (Wildman–Crippen LogP) is 4.75. The van der Waals surface area contributed by atoms with Gasteiger partial charge in [-0.05, 0) is 43.2 Å². The van der Waals surface area contributed by atoms with Gasteiger partial charge in [0.05, 0.1) is 6.17 Å². The van der Waals surface area contributed by atoms with Crippen molar-refractivity contribution in [2.24, 2.45) is 0 Å². The lowest BCUT2D eigenvalue weighted by atomic mass is 10.1. The van der Waals surface area contributed by atoms with Crippen molar-refractivity contribution >= 4 is 0 Å². The lowest BCUT2D eigenvalue weighted by Gasteiger charge is -2.02. The second kappa shape index (κ2) is 8.85. The number of nitrogens with zero attached hydrogens (tertiary/aromatic N) is 2. The summed E-state index contributed by atoms with van der Waals surface area (Å²) in [6.45, 7) is 5.31. The molecule has 0 aliphatic rings. The smallest absolute Gasteiger partial charge is 0.204 e. The molecule has 0 aliphatic heterocycles. The van der Waals surface area contributed by atoms with Gasteiger partial charge in [-0.15, -0.1) is 6.58 Å². The van der Waals surface area contributed by atoms with E-state index in [2.05, 4.69) is 52.7 Å². The lowest BCUT2D eigenvalue weighted by Crippen LogP contribution is -1.91. The highest BCUT2D eigenvalue weighted by Crippen LogP contribution is 2.18. The zero-order valence-corrected chi connectivity index (χ0v) is 13.4. The standard InChI is InChI=1S/C20H21FN2/c1-3-7-17-10-12-18(13-11-17)19-14-22-20(23-15-19)9-6-4-5-8-16(2)21/h3,10-16H,1,4-5,7-8H2,2H3. The molecule has 2 nitrogen and oxygen atoms in total. The van der Waals surface area contributed by atoms with Gasteiger partial charge in [0.15, 0.2) is 0 Å². The van der Waals surface area contributed by atoms with E-state index in [4.69, 9.17) is 0 Å². The van der Waals surface area contributed by atoms with E-state index in [-0.39, 0.29) is 0 Å². The summed E-state index contributed by atoms with van der Waals surface area (Å²) >= 11 is 0. The summed E-state index contributed by atoms with van der Waals surface area (Å²) in [6.07, 6.45) is 7.55.